The third kappa shape index (κ3) is 1.47. The van der Waals surface area contributed by atoms with E-state index < -0.39 is 0 Å². The molecule has 1 atom stereocenters. The molecule has 1 spiro atoms. The van der Waals surface area contributed by atoms with Crippen LogP contribution >= 0.6 is 0 Å². The van der Waals surface area contributed by atoms with Gasteiger partial charge in [-0.2, -0.15) is 0 Å². The van der Waals surface area contributed by atoms with Crippen molar-refractivity contribution >= 4 is 5.91 Å². The maximum atomic E-state index is 12.0. The third-order valence-corrected chi connectivity index (χ3v) is 4.66. The van der Waals surface area contributed by atoms with E-state index >= 15 is 0 Å². The minimum atomic E-state index is 0.204. The third-order valence-electron chi connectivity index (χ3n) is 4.66. The number of amides is 1. The highest BCUT2D eigenvalue weighted by Crippen LogP contribution is 2.45. The summed E-state index contributed by atoms with van der Waals surface area (Å²) in [5, 5.41) is 7.69. The Morgan fingerprint density at radius 3 is 2.75 bits per heavy atom. The first-order valence-electron chi connectivity index (χ1n) is 6.49. The summed E-state index contributed by atoms with van der Waals surface area (Å²) in [6.07, 6.45) is 6.89. The highest BCUT2D eigenvalue weighted by atomic mass is 16.2. The van der Waals surface area contributed by atoms with Crippen molar-refractivity contribution in [2.24, 2.45) is 0 Å². The van der Waals surface area contributed by atoms with Crippen LogP contribution in [-0.2, 0) is 4.79 Å². The molecule has 0 radical (unpaired) electrons. The molecule has 3 aliphatic rings. The van der Waals surface area contributed by atoms with Crippen molar-refractivity contribution in [2.45, 2.75) is 50.1 Å². The van der Waals surface area contributed by atoms with Crippen molar-refractivity contribution in [1.29, 1.82) is 0 Å². The summed E-state index contributed by atoms with van der Waals surface area (Å²) in [6.45, 7) is 1.98. The van der Waals surface area contributed by atoms with Gasteiger partial charge in [0.1, 0.15) is 0 Å². The fraction of sp³-hybridized carbons (Fsp3) is 0.917. The molecule has 2 saturated heterocycles. The van der Waals surface area contributed by atoms with Gasteiger partial charge in [0.25, 0.3) is 0 Å². The summed E-state index contributed by atoms with van der Waals surface area (Å²) < 4.78 is 0. The Bertz CT molecular complexity index is 295. The molecule has 3 fully saturated rings. The van der Waals surface area contributed by atoms with E-state index in [1.54, 1.807) is 0 Å². The second-order valence-corrected chi connectivity index (χ2v) is 5.55. The van der Waals surface area contributed by atoms with E-state index in [0.29, 0.717) is 11.9 Å². The van der Waals surface area contributed by atoms with E-state index in [4.69, 9.17) is 0 Å². The molecule has 1 unspecified atom stereocenters. The Balaban J connectivity index is 1.67. The average Bonchev–Trinajstić information content (AvgIpc) is 2.78. The molecule has 4 nitrogen and oxygen atoms in total. The molecule has 90 valence electrons. The van der Waals surface area contributed by atoms with Crippen LogP contribution in [-0.4, -0.2) is 47.6 Å². The van der Waals surface area contributed by atoms with Gasteiger partial charge in [-0.3, -0.25) is 9.80 Å². The number of nitrogens with zero attached hydrogens (tertiary/aromatic N) is 2. The summed E-state index contributed by atoms with van der Waals surface area (Å²) in [4.78, 5) is 12.0. The molecule has 0 aromatic heterocycles. The predicted molar refractivity (Wildman–Crippen MR) is 61.7 cm³/mol. The zero-order chi connectivity index (χ0) is 11.2. The van der Waals surface area contributed by atoms with E-state index in [9.17, 15) is 4.79 Å². The first-order chi connectivity index (χ1) is 7.71. The number of carbonyl (C=O) groups excluding carboxylic acids is 1. The van der Waals surface area contributed by atoms with Gasteiger partial charge in [0, 0.05) is 25.0 Å². The smallest absolute Gasteiger partial charge is 0.238 e. The Morgan fingerprint density at radius 1 is 1.44 bits per heavy atom. The van der Waals surface area contributed by atoms with Gasteiger partial charge in [-0.25, -0.2) is 5.01 Å². The first kappa shape index (κ1) is 10.5. The van der Waals surface area contributed by atoms with Gasteiger partial charge in [-0.1, -0.05) is 0 Å². The van der Waals surface area contributed by atoms with E-state index in [2.05, 4.69) is 17.4 Å². The largest absolute Gasteiger partial charge is 0.312 e. The second kappa shape index (κ2) is 3.70. The normalized spacial score (nSPS) is 33.7. The number of carbonyl (C=O) groups is 1. The number of hydrogen-bond donors (Lipinski definition) is 1. The van der Waals surface area contributed by atoms with Gasteiger partial charge in [-0.05, 0) is 38.6 Å². The molecular weight excluding hydrogens is 202 g/mol. The number of hydrogen-bond acceptors (Lipinski definition) is 3. The summed E-state index contributed by atoms with van der Waals surface area (Å²) in [5.74, 6) is 0.330. The van der Waals surface area contributed by atoms with Crippen LogP contribution < -0.4 is 5.32 Å². The lowest BCUT2D eigenvalue weighted by Gasteiger charge is -2.45. The van der Waals surface area contributed by atoms with Crippen LogP contribution in [0.2, 0.25) is 0 Å². The second-order valence-electron chi connectivity index (χ2n) is 5.55. The Kier molecular flexibility index (Phi) is 2.44. The molecular formula is C12H21N3O. The standard InChI is InChI=1S/C12H21N3O/c1-14-12(5-3-6-12)8-11(16)15(14)9-10-4-2-7-13-10/h10,13H,2-9H2,1H3. The molecule has 3 rings (SSSR count). The molecule has 1 amide bonds. The number of nitrogens with one attached hydrogen (secondary N) is 1. The predicted octanol–water partition coefficient (Wildman–Crippen LogP) is 0.740. The maximum Gasteiger partial charge on any atom is 0.238 e. The van der Waals surface area contributed by atoms with Gasteiger partial charge >= 0.3 is 0 Å². The summed E-state index contributed by atoms with van der Waals surface area (Å²) in [6, 6.07) is 0.515. The fourth-order valence-corrected chi connectivity index (χ4v) is 3.34. The average molecular weight is 223 g/mol. The minimum absolute atomic E-state index is 0.204. The zero-order valence-electron chi connectivity index (χ0n) is 10.0. The van der Waals surface area contributed by atoms with Crippen LogP contribution in [0.5, 0.6) is 0 Å². The van der Waals surface area contributed by atoms with Gasteiger partial charge < -0.3 is 5.32 Å². The van der Waals surface area contributed by atoms with Crippen molar-refractivity contribution in [3.8, 4) is 0 Å². The van der Waals surface area contributed by atoms with E-state index in [1.807, 2.05) is 5.01 Å². The Morgan fingerprint density at radius 2 is 2.25 bits per heavy atom. The van der Waals surface area contributed by atoms with Gasteiger partial charge in [0.2, 0.25) is 5.91 Å². The van der Waals surface area contributed by atoms with Crippen molar-refractivity contribution in [2.75, 3.05) is 20.1 Å². The lowest BCUT2D eigenvalue weighted by Crippen LogP contribution is -2.53. The molecule has 2 heterocycles. The van der Waals surface area contributed by atoms with E-state index in [0.717, 1.165) is 19.5 Å². The summed E-state index contributed by atoms with van der Waals surface area (Å²) >= 11 is 0. The van der Waals surface area contributed by atoms with Crippen molar-refractivity contribution in [3.05, 3.63) is 0 Å². The van der Waals surface area contributed by atoms with E-state index in [-0.39, 0.29) is 5.54 Å². The Labute approximate surface area is 96.9 Å². The lowest BCUT2D eigenvalue weighted by atomic mass is 9.75. The van der Waals surface area contributed by atoms with Crippen LogP contribution in [0.3, 0.4) is 0 Å². The molecule has 0 aromatic rings. The maximum absolute atomic E-state index is 12.0. The number of rotatable bonds is 2. The van der Waals surface area contributed by atoms with Crippen molar-refractivity contribution < 1.29 is 4.79 Å². The highest BCUT2D eigenvalue weighted by molar-refractivity contribution is 5.79. The zero-order valence-corrected chi connectivity index (χ0v) is 10.0. The SMILES string of the molecule is CN1N(CC2CCCN2)C(=O)CC12CCC2. The first-order valence-corrected chi connectivity index (χ1v) is 6.49. The van der Waals surface area contributed by atoms with E-state index in [1.165, 1.54) is 32.1 Å². The molecule has 0 aromatic carbocycles. The van der Waals surface area contributed by atoms with Gasteiger partial charge in [0.15, 0.2) is 0 Å². The Hall–Kier alpha value is -0.610. The van der Waals surface area contributed by atoms with Crippen molar-refractivity contribution in [1.82, 2.24) is 15.3 Å². The minimum Gasteiger partial charge on any atom is -0.312 e. The van der Waals surface area contributed by atoms with Gasteiger partial charge in [0.05, 0.1) is 6.54 Å². The fourth-order valence-electron chi connectivity index (χ4n) is 3.34. The summed E-state index contributed by atoms with van der Waals surface area (Å²) in [5.41, 5.74) is 0.204. The summed E-state index contributed by atoms with van der Waals surface area (Å²) in [7, 11) is 2.10. The monoisotopic (exact) mass is 223 g/mol. The van der Waals surface area contributed by atoms with Crippen LogP contribution in [0.4, 0.5) is 0 Å². The van der Waals surface area contributed by atoms with Crippen LogP contribution in [0.25, 0.3) is 0 Å². The molecule has 1 saturated carbocycles. The van der Waals surface area contributed by atoms with Crippen LogP contribution in [0.15, 0.2) is 0 Å². The molecule has 2 aliphatic heterocycles. The topological polar surface area (TPSA) is 35.6 Å². The molecule has 1 aliphatic carbocycles. The van der Waals surface area contributed by atoms with Crippen molar-refractivity contribution in [3.63, 3.8) is 0 Å². The molecule has 1 N–H and O–H groups in total. The highest BCUT2D eigenvalue weighted by Gasteiger charge is 2.51. The molecule has 4 heteroatoms. The molecule has 16 heavy (non-hydrogen) atoms. The van der Waals surface area contributed by atoms with Gasteiger partial charge in [-0.15, -0.1) is 0 Å². The lowest BCUT2D eigenvalue weighted by molar-refractivity contribution is -0.141. The quantitative estimate of drug-likeness (QED) is 0.750. The number of hydrazine groups is 1. The van der Waals surface area contributed by atoms with Crippen LogP contribution in [0, 0.1) is 0 Å². The molecule has 0 bridgehead atoms. The van der Waals surface area contributed by atoms with Crippen LogP contribution in [0.1, 0.15) is 38.5 Å².